The lowest BCUT2D eigenvalue weighted by Gasteiger charge is -2.24. The number of aryl methyl sites for hydroxylation is 1. The second-order valence-electron chi connectivity index (χ2n) is 11.3. The van der Waals surface area contributed by atoms with Gasteiger partial charge in [0.2, 0.25) is 0 Å². The van der Waals surface area contributed by atoms with Crippen molar-refractivity contribution >= 4 is 23.4 Å². The Morgan fingerprint density at radius 3 is 2.52 bits per heavy atom. The molecular formula is C38H36N4O5S. The number of aromatic nitrogens is 3. The van der Waals surface area contributed by atoms with Gasteiger partial charge >= 0.3 is 5.97 Å². The molecule has 1 atom stereocenters. The Morgan fingerprint density at radius 2 is 1.83 bits per heavy atom. The minimum absolute atomic E-state index is 0.0364. The van der Waals surface area contributed by atoms with Gasteiger partial charge in [-0.15, -0.1) is 0 Å². The van der Waals surface area contributed by atoms with Crippen LogP contribution in [0.3, 0.4) is 0 Å². The van der Waals surface area contributed by atoms with Gasteiger partial charge in [0, 0.05) is 17.3 Å². The number of methoxy groups -OCH3 is 1. The lowest BCUT2D eigenvalue weighted by atomic mass is 9.96. The third kappa shape index (κ3) is 6.39. The molecule has 0 spiro atoms. The molecule has 0 bridgehead atoms. The number of fused-ring (bicyclic) bond motifs is 1. The maximum atomic E-state index is 14.4. The molecule has 6 rings (SSSR count). The number of esters is 1. The van der Waals surface area contributed by atoms with E-state index in [1.807, 2.05) is 78.5 Å². The molecule has 9 nitrogen and oxygen atoms in total. The Kier molecular flexibility index (Phi) is 9.54. The Bertz CT molecular complexity index is 2190. The van der Waals surface area contributed by atoms with E-state index in [0.717, 1.165) is 40.1 Å². The van der Waals surface area contributed by atoms with Crippen LogP contribution in [0.2, 0.25) is 0 Å². The SMILES string of the molecule is C=CCOC(=O)C1=C(C)N=c2sc(=Cc3cn(-c4ccccc4)nc3-c3ccc(OCCC)c(C)c3)c(=O)n2C1c1ccc(OC)cc1. The highest BCUT2D eigenvalue weighted by molar-refractivity contribution is 7.07. The van der Waals surface area contributed by atoms with Gasteiger partial charge in [0.15, 0.2) is 4.80 Å². The number of hydrogen-bond acceptors (Lipinski definition) is 8. The Balaban J connectivity index is 1.52. The molecule has 1 aliphatic rings. The number of benzene rings is 3. The summed E-state index contributed by atoms with van der Waals surface area (Å²) in [6, 6.07) is 22.4. The first-order valence-electron chi connectivity index (χ1n) is 15.7. The van der Waals surface area contributed by atoms with Crippen LogP contribution in [-0.2, 0) is 9.53 Å². The van der Waals surface area contributed by atoms with Crippen LogP contribution >= 0.6 is 11.3 Å². The molecule has 5 aromatic rings. The molecule has 1 unspecified atom stereocenters. The molecular weight excluding hydrogens is 625 g/mol. The van der Waals surface area contributed by atoms with Crippen molar-refractivity contribution < 1.29 is 19.0 Å². The molecule has 1 aliphatic heterocycles. The highest BCUT2D eigenvalue weighted by Gasteiger charge is 2.33. The van der Waals surface area contributed by atoms with Crippen molar-refractivity contribution in [1.29, 1.82) is 0 Å². The van der Waals surface area contributed by atoms with E-state index in [-0.39, 0.29) is 12.2 Å². The highest BCUT2D eigenvalue weighted by atomic mass is 32.1. The number of para-hydroxylation sites is 1. The number of rotatable bonds is 11. The maximum absolute atomic E-state index is 14.4. The molecule has 0 radical (unpaired) electrons. The van der Waals surface area contributed by atoms with Crippen LogP contribution in [0, 0.1) is 6.92 Å². The van der Waals surface area contributed by atoms with Crippen LogP contribution in [0.15, 0.2) is 113 Å². The summed E-state index contributed by atoms with van der Waals surface area (Å²) in [4.78, 5) is 33.0. The average molecular weight is 661 g/mol. The van der Waals surface area contributed by atoms with Gasteiger partial charge in [-0.05, 0) is 79.9 Å². The second-order valence-corrected chi connectivity index (χ2v) is 12.3. The van der Waals surface area contributed by atoms with E-state index in [4.69, 9.17) is 24.3 Å². The van der Waals surface area contributed by atoms with Crippen LogP contribution in [0.25, 0.3) is 23.0 Å². The number of nitrogens with zero attached hydrogens (tertiary/aromatic N) is 4. The Morgan fingerprint density at radius 1 is 1.06 bits per heavy atom. The molecule has 10 heteroatoms. The third-order valence-corrected chi connectivity index (χ3v) is 8.95. The first kappa shape index (κ1) is 32.5. The number of ether oxygens (including phenoxy) is 3. The molecule has 3 heterocycles. The number of thiazole rings is 1. The molecule has 0 saturated heterocycles. The van der Waals surface area contributed by atoms with Crippen molar-refractivity contribution in [3.05, 3.63) is 139 Å². The fourth-order valence-corrected chi connectivity index (χ4v) is 6.68. The van der Waals surface area contributed by atoms with Gasteiger partial charge in [-0.2, -0.15) is 5.10 Å². The summed E-state index contributed by atoms with van der Waals surface area (Å²) in [6.07, 6.45) is 6.19. The van der Waals surface area contributed by atoms with Gasteiger partial charge < -0.3 is 14.2 Å². The Hall–Kier alpha value is -5.48. The predicted octanol–water partition coefficient (Wildman–Crippen LogP) is 5.92. The van der Waals surface area contributed by atoms with Crippen LogP contribution in [-0.4, -0.2) is 40.6 Å². The largest absolute Gasteiger partial charge is 0.497 e. The smallest absolute Gasteiger partial charge is 0.338 e. The molecule has 0 saturated carbocycles. The fourth-order valence-electron chi connectivity index (χ4n) is 5.64. The van der Waals surface area contributed by atoms with Gasteiger partial charge in [0.1, 0.15) is 23.8 Å². The molecule has 244 valence electrons. The van der Waals surface area contributed by atoms with Gasteiger partial charge in [-0.25, -0.2) is 14.5 Å². The summed E-state index contributed by atoms with van der Waals surface area (Å²) < 4.78 is 20.6. The molecule has 0 N–H and O–H groups in total. The molecule has 48 heavy (non-hydrogen) atoms. The standard InChI is InChI=1S/C38H36N4O5S/c1-6-19-46-31-18-15-27(21-24(31)3)34-28(23-41(40-34)29-11-9-8-10-12-29)22-32-36(43)42-35(26-13-16-30(45-5)17-14-26)33(37(44)47-20-7-2)25(4)39-38(42)48-32/h7-18,21-23,35H,2,6,19-20H2,1,3-5H3. The van der Waals surface area contributed by atoms with Gasteiger partial charge in [0.05, 0.1) is 41.2 Å². The topological polar surface area (TPSA) is 96.9 Å². The van der Waals surface area contributed by atoms with Crippen LogP contribution in [0.4, 0.5) is 0 Å². The van der Waals surface area contributed by atoms with E-state index in [2.05, 4.69) is 19.6 Å². The van der Waals surface area contributed by atoms with Crippen molar-refractivity contribution in [2.45, 2.75) is 33.2 Å². The minimum atomic E-state index is -0.753. The van der Waals surface area contributed by atoms with Gasteiger partial charge in [-0.1, -0.05) is 61.2 Å². The monoisotopic (exact) mass is 660 g/mol. The summed E-state index contributed by atoms with van der Waals surface area (Å²) in [5.74, 6) is 0.930. The third-order valence-electron chi connectivity index (χ3n) is 7.97. The van der Waals surface area contributed by atoms with Crippen molar-refractivity contribution in [1.82, 2.24) is 14.3 Å². The fraction of sp³-hybridized carbons (Fsp3) is 0.211. The van der Waals surface area contributed by atoms with Crippen molar-refractivity contribution in [3.8, 4) is 28.4 Å². The zero-order valence-corrected chi connectivity index (χ0v) is 28.1. The van der Waals surface area contributed by atoms with Crippen LogP contribution < -0.4 is 24.4 Å². The van der Waals surface area contributed by atoms with Crippen LogP contribution in [0.5, 0.6) is 11.5 Å². The van der Waals surface area contributed by atoms with E-state index in [1.165, 1.54) is 17.4 Å². The number of hydrogen-bond donors (Lipinski definition) is 0. The van der Waals surface area contributed by atoms with E-state index in [1.54, 1.807) is 30.7 Å². The minimum Gasteiger partial charge on any atom is -0.497 e. The molecule has 3 aromatic carbocycles. The van der Waals surface area contributed by atoms with Gasteiger partial charge in [0.25, 0.3) is 5.56 Å². The average Bonchev–Trinajstić information content (AvgIpc) is 3.66. The lowest BCUT2D eigenvalue weighted by molar-refractivity contribution is -0.138. The molecule has 2 aromatic heterocycles. The summed E-state index contributed by atoms with van der Waals surface area (Å²) in [6.45, 7) is 10.2. The maximum Gasteiger partial charge on any atom is 0.338 e. The molecule has 0 amide bonds. The first-order chi connectivity index (χ1) is 23.3. The summed E-state index contributed by atoms with van der Waals surface area (Å²) in [5.41, 5.74) is 5.46. The zero-order chi connectivity index (χ0) is 33.8. The lowest BCUT2D eigenvalue weighted by Crippen LogP contribution is -2.39. The Labute approximate surface area is 282 Å². The number of carbonyl (C=O) groups is 1. The van der Waals surface area contributed by atoms with E-state index in [9.17, 15) is 9.59 Å². The molecule has 0 fully saturated rings. The van der Waals surface area contributed by atoms with E-state index < -0.39 is 12.0 Å². The van der Waals surface area contributed by atoms with Gasteiger partial charge in [-0.3, -0.25) is 9.36 Å². The molecule has 0 aliphatic carbocycles. The quantitative estimate of drug-likeness (QED) is 0.129. The summed E-state index contributed by atoms with van der Waals surface area (Å²) in [7, 11) is 1.59. The second kappa shape index (κ2) is 14.1. The van der Waals surface area contributed by atoms with Crippen molar-refractivity contribution in [3.63, 3.8) is 0 Å². The first-order valence-corrected chi connectivity index (χ1v) is 16.5. The van der Waals surface area contributed by atoms with E-state index in [0.29, 0.717) is 38.7 Å². The number of carbonyl (C=O) groups excluding carboxylic acids is 1. The normalized spacial score (nSPS) is 14.3. The zero-order valence-electron chi connectivity index (χ0n) is 27.3. The summed E-state index contributed by atoms with van der Waals surface area (Å²) in [5, 5.41) is 4.97. The summed E-state index contributed by atoms with van der Waals surface area (Å²) >= 11 is 1.27. The van der Waals surface area contributed by atoms with Crippen molar-refractivity contribution in [2.24, 2.45) is 4.99 Å². The van der Waals surface area contributed by atoms with E-state index >= 15 is 0 Å². The number of allylic oxidation sites excluding steroid dienone is 1. The van der Waals surface area contributed by atoms with Crippen molar-refractivity contribution in [2.75, 3.05) is 20.3 Å². The van der Waals surface area contributed by atoms with Crippen LogP contribution in [0.1, 0.15) is 43.0 Å². The predicted molar refractivity (Wildman–Crippen MR) is 187 cm³/mol. The highest BCUT2D eigenvalue weighted by Crippen LogP contribution is 2.32.